The van der Waals surface area contributed by atoms with E-state index >= 15 is 0 Å². The first kappa shape index (κ1) is 15.0. The lowest BCUT2D eigenvalue weighted by molar-refractivity contribution is -0.139. The molecule has 1 unspecified atom stereocenters. The fourth-order valence-electron chi connectivity index (χ4n) is 2.27. The van der Waals surface area contributed by atoms with Gasteiger partial charge in [-0.3, -0.25) is 4.79 Å². The summed E-state index contributed by atoms with van der Waals surface area (Å²) in [6, 6.07) is 11.3. The smallest absolute Gasteiger partial charge is 0.326 e. The summed E-state index contributed by atoms with van der Waals surface area (Å²) >= 11 is 0. The molecule has 1 aliphatic carbocycles. The molecular formula is C17H16N2O4. The molecule has 0 radical (unpaired) electrons. The second-order valence-corrected chi connectivity index (χ2v) is 5.40. The predicted octanol–water partition coefficient (Wildman–Crippen LogP) is 2.47. The summed E-state index contributed by atoms with van der Waals surface area (Å²) < 4.78 is 5.63. The lowest BCUT2D eigenvalue weighted by Gasteiger charge is -2.15. The average molecular weight is 312 g/mol. The Balaban J connectivity index is 1.79. The van der Waals surface area contributed by atoms with Crippen molar-refractivity contribution in [3.8, 4) is 11.6 Å². The van der Waals surface area contributed by atoms with Crippen LogP contribution in [0.1, 0.15) is 23.2 Å². The summed E-state index contributed by atoms with van der Waals surface area (Å²) in [4.78, 5) is 27.7. The van der Waals surface area contributed by atoms with E-state index in [2.05, 4.69) is 10.3 Å². The molecule has 118 valence electrons. The molecule has 3 rings (SSSR count). The summed E-state index contributed by atoms with van der Waals surface area (Å²) in [5.41, 5.74) is 0.211. The van der Waals surface area contributed by atoms with Gasteiger partial charge < -0.3 is 15.2 Å². The first-order chi connectivity index (χ1) is 11.1. The number of rotatable bonds is 6. The van der Waals surface area contributed by atoms with Gasteiger partial charge in [-0.05, 0) is 43.0 Å². The number of ether oxygens (including phenoxy) is 1. The maximum absolute atomic E-state index is 12.4. The van der Waals surface area contributed by atoms with Gasteiger partial charge in [0.15, 0.2) is 0 Å². The number of pyridine rings is 1. The Hall–Kier alpha value is -2.89. The first-order valence-corrected chi connectivity index (χ1v) is 7.37. The van der Waals surface area contributed by atoms with Crippen LogP contribution >= 0.6 is 0 Å². The number of aliphatic carboxylic acids is 1. The minimum absolute atomic E-state index is 0.00612. The molecule has 0 spiro atoms. The van der Waals surface area contributed by atoms with Crippen LogP contribution < -0.4 is 10.1 Å². The Morgan fingerprint density at radius 3 is 2.57 bits per heavy atom. The van der Waals surface area contributed by atoms with Crippen LogP contribution in [-0.2, 0) is 4.79 Å². The highest BCUT2D eigenvalue weighted by molar-refractivity contribution is 5.98. The van der Waals surface area contributed by atoms with Crippen LogP contribution in [0, 0.1) is 5.92 Å². The zero-order valence-corrected chi connectivity index (χ0v) is 12.3. The molecule has 1 saturated carbocycles. The summed E-state index contributed by atoms with van der Waals surface area (Å²) in [6.07, 6.45) is 3.15. The summed E-state index contributed by atoms with van der Waals surface area (Å²) in [5.74, 6) is -0.807. The van der Waals surface area contributed by atoms with E-state index in [0.29, 0.717) is 5.75 Å². The highest BCUT2D eigenvalue weighted by Gasteiger charge is 2.37. The minimum atomic E-state index is -1.02. The third kappa shape index (κ3) is 3.66. The van der Waals surface area contributed by atoms with Crippen LogP contribution in [-0.4, -0.2) is 28.0 Å². The van der Waals surface area contributed by atoms with E-state index in [9.17, 15) is 14.7 Å². The summed E-state index contributed by atoms with van der Waals surface area (Å²) in [5, 5.41) is 11.8. The maximum Gasteiger partial charge on any atom is 0.326 e. The Morgan fingerprint density at radius 1 is 1.17 bits per heavy atom. The zero-order valence-electron chi connectivity index (χ0n) is 12.3. The van der Waals surface area contributed by atoms with Crippen molar-refractivity contribution >= 4 is 11.9 Å². The molecular weight excluding hydrogens is 296 g/mol. The molecule has 6 heteroatoms. The number of carbonyl (C=O) groups is 2. The standard InChI is InChI=1S/C17H16N2O4/c20-15(19-14(17(21)22)11-8-9-11)13-7-4-10-18-16(13)23-12-5-2-1-3-6-12/h1-7,10-11,14H,8-9H2,(H,19,20)(H,21,22). The molecule has 1 aliphatic rings. The van der Waals surface area contributed by atoms with Crippen molar-refractivity contribution in [2.24, 2.45) is 5.92 Å². The molecule has 2 aromatic rings. The third-order valence-corrected chi connectivity index (χ3v) is 3.62. The van der Waals surface area contributed by atoms with E-state index in [4.69, 9.17) is 4.74 Å². The van der Waals surface area contributed by atoms with Crippen molar-refractivity contribution in [2.75, 3.05) is 0 Å². The largest absolute Gasteiger partial charge is 0.480 e. The number of benzene rings is 1. The van der Waals surface area contributed by atoms with E-state index in [1.807, 2.05) is 18.2 Å². The lowest BCUT2D eigenvalue weighted by Crippen LogP contribution is -2.42. The number of aromatic nitrogens is 1. The molecule has 1 aromatic carbocycles. The van der Waals surface area contributed by atoms with Gasteiger partial charge in [-0.25, -0.2) is 9.78 Å². The first-order valence-electron chi connectivity index (χ1n) is 7.37. The van der Waals surface area contributed by atoms with Crippen LogP contribution in [0.2, 0.25) is 0 Å². The van der Waals surface area contributed by atoms with Gasteiger partial charge in [0.05, 0.1) is 0 Å². The lowest BCUT2D eigenvalue weighted by atomic mass is 10.1. The molecule has 23 heavy (non-hydrogen) atoms. The molecule has 0 bridgehead atoms. The Bertz CT molecular complexity index is 714. The van der Waals surface area contributed by atoms with Crippen LogP contribution in [0.5, 0.6) is 11.6 Å². The van der Waals surface area contributed by atoms with Crippen LogP contribution in [0.3, 0.4) is 0 Å². The number of hydrogen-bond acceptors (Lipinski definition) is 4. The Kier molecular flexibility index (Phi) is 4.23. The molecule has 0 aliphatic heterocycles. The van der Waals surface area contributed by atoms with Crippen LogP contribution in [0.25, 0.3) is 0 Å². The monoisotopic (exact) mass is 312 g/mol. The van der Waals surface area contributed by atoms with E-state index < -0.39 is 17.9 Å². The number of para-hydroxylation sites is 1. The second-order valence-electron chi connectivity index (χ2n) is 5.40. The van der Waals surface area contributed by atoms with Gasteiger partial charge in [-0.2, -0.15) is 0 Å². The second kappa shape index (κ2) is 6.48. The molecule has 1 fully saturated rings. The van der Waals surface area contributed by atoms with Crippen molar-refractivity contribution in [1.82, 2.24) is 10.3 Å². The minimum Gasteiger partial charge on any atom is -0.480 e. The average Bonchev–Trinajstić information content (AvgIpc) is 3.38. The van der Waals surface area contributed by atoms with Gasteiger partial charge in [0.2, 0.25) is 5.88 Å². The van der Waals surface area contributed by atoms with E-state index in [0.717, 1.165) is 12.8 Å². The molecule has 1 aromatic heterocycles. The fraction of sp³-hybridized carbons (Fsp3) is 0.235. The predicted molar refractivity (Wildman–Crippen MR) is 82.4 cm³/mol. The van der Waals surface area contributed by atoms with Gasteiger partial charge in [-0.1, -0.05) is 18.2 Å². The number of carboxylic acids is 1. The highest BCUT2D eigenvalue weighted by Crippen LogP contribution is 2.33. The van der Waals surface area contributed by atoms with Crippen molar-refractivity contribution in [3.05, 3.63) is 54.2 Å². The molecule has 1 atom stereocenters. The summed E-state index contributed by atoms with van der Waals surface area (Å²) in [7, 11) is 0. The van der Waals surface area contributed by atoms with Gasteiger partial charge >= 0.3 is 5.97 Å². The van der Waals surface area contributed by atoms with Gasteiger partial charge in [0.1, 0.15) is 17.4 Å². The number of hydrogen-bond donors (Lipinski definition) is 2. The maximum atomic E-state index is 12.4. The quantitative estimate of drug-likeness (QED) is 0.855. The highest BCUT2D eigenvalue weighted by atomic mass is 16.5. The van der Waals surface area contributed by atoms with Crippen molar-refractivity contribution in [2.45, 2.75) is 18.9 Å². The van der Waals surface area contributed by atoms with Crippen LogP contribution in [0.4, 0.5) is 0 Å². The molecule has 1 heterocycles. The summed E-state index contributed by atoms with van der Waals surface area (Å²) in [6.45, 7) is 0. The molecule has 6 nitrogen and oxygen atoms in total. The normalized spacial score (nSPS) is 14.8. The van der Waals surface area contributed by atoms with Gasteiger partial charge in [0, 0.05) is 6.20 Å². The number of carbonyl (C=O) groups excluding carboxylic acids is 1. The zero-order chi connectivity index (χ0) is 16.2. The number of amides is 1. The third-order valence-electron chi connectivity index (χ3n) is 3.62. The van der Waals surface area contributed by atoms with E-state index in [1.54, 1.807) is 24.3 Å². The number of nitrogens with one attached hydrogen (secondary N) is 1. The van der Waals surface area contributed by atoms with Gasteiger partial charge in [-0.15, -0.1) is 0 Å². The van der Waals surface area contributed by atoms with E-state index in [1.165, 1.54) is 6.20 Å². The fourth-order valence-corrected chi connectivity index (χ4v) is 2.27. The topological polar surface area (TPSA) is 88.5 Å². The Morgan fingerprint density at radius 2 is 1.91 bits per heavy atom. The van der Waals surface area contributed by atoms with Crippen molar-refractivity contribution in [1.29, 1.82) is 0 Å². The molecule has 0 saturated heterocycles. The molecule has 1 amide bonds. The Labute approximate surface area is 133 Å². The van der Waals surface area contributed by atoms with Crippen molar-refractivity contribution < 1.29 is 19.4 Å². The SMILES string of the molecule is O=C(NC(C(=O)O)C1CC1)c1cccnc1Oc1ccccc1. The van der Waals surface area contributed by atoms with Crippen LogP contribution in [0.15, 0.2) is 48.7 Å². The number of nitrogens with zero attached hydrogens (tertiary/aromatic N) is 1. The number of carboxylic acid groups (broad SMARTS) is 1. The van der Waals surface area contributed by atoms with E-state index in [-0.39, 0.29) is 17.4 Å². The van der Waals surface area contributed by atoms with Crippen molar-refractivity contribution in [3.63, 3.8) is 0 Å². The molecule has 2 N–H and O–H groups in total. The van der Waals surface area contributed by atoms with Gasteiger partial charge in [0.25, 0.3) is 5.91 Å².